The van der Waals surface area contributed by atoms with Crippen LogP contribution in [0.1, 0.15) is 100 Å². The van der Waals surface area contributed by atoms with Gasteiger partial charge in [-0.3, -0.25) is 4.99 Å². The Morgan fingerprint density at radius 2 is 1.75 bits per heavy atom. The molecule has 0 radical (unpaired) electrons. The van der Waals surface area contributed by atoms with E-state index in [1.165, 1.54) is 73.1 Å². The van der Waals surface area contributed by atoms with Gasteiger partial charge < -0.3 is 14.5 Å². The third kappa shape index (κ3) is 7.26. The maximum absolute atomic E-state index is 12.6. The molecule has 4 aliphatic rings. The molecule has 0 bridgehead atoms. The molecule has 4 rings (SSSR count). The summed E-state index contributed by atoms with van der Waals surface area (Å²) in [4.78, 5) is 22.0. The predicted molar refractivity (Wildman–Crippen MR) is 151 cm³/mol. The van der Waals surface area contributed by atoms with Crippen LogP contribution in [0.2, 0.25) is 0 Å². The second-order valence-electron chi connectivity index (χ2n) is 11.7. The first-order chi connectivity index (χ1) is 17.2. The SMILES string of the molecule is CC.CCN=C1C=C(CC2CCCC2)C=C(C2CC2)/C1=C(/C)N1CCN(C(=O)OC(C)(C)C)C[C@@H]1C. The lowest BCUT2D eigenvalue weighted by atomic mass is 9.84. The van der Waals surface area contributed by atoms with Crippen LogP contribution in [0.5, 0.6) is 0 Å². The van der Waals surface area contributed by atoms with Crippen LogP contribution in [0, 0.1) is 11.8 Å². The van der Waals surface area contributed by atoms with E-state index in [0.717, 1.165) is 19.0 Å². The van der Waals surface area contributed by atoms with Crippen LogP contribution < -0.4 is 0 Å². The van der Waals surface area contributed by atoms with Gasteiger partial charge in [-0.2, -0.15) is 0 Å². The number of nitrogens with zero attached hydrogens (tertiary/aromatic N) is 3. The molecule has 1 heterocycles. The third-order valence-electron chi connectivity index (χ3n) is 7.62. The second-order valence-corrected chi connectivity index (χ2v) is 11.7. The molecule has 0 aromatic heterocycles. The third-order valence-corrected chi connectivity index (χ3v) is 7.62. The van der Waals surface area contributed by atoms with E-state index in [4.69, 9.17) is 9.73 Å². The van der Waals surface area contributed by atoms with Gasteiger partial charge in [-0.1, -0.05) is 45.6 Å². The molecule has 1 amide bonds. The average molecular weight is 498 g/mol. The number of carbonyl (C=O) groups is 1. The van der Waals surface area contributed by atoms with Crippen molar-refractivity contribution in [2.45, 2.75) is 112 Å². The first kappa shape index (κ1) is 28.5. The summed E-state index contributed by atoms with van der Waals surface area (Å²) < 4.78 is 5.63. The molecule has 2 saturated carbocycles. The molecule has 5 heteroatoms. The van der Waals surface area contributed by atoms with Crippen molar-refractivity contribution in [2.24, 2.45) is 16.8 Å². The highest BCUT2D eigenvalue weighted by Gasteiger charge is 2.36. The van der Waals surface area contributed by atoms with Crippen molar-refractivity contribution in [3.63, 3.8) is 0 Å². The topological polar surface area (TPSA) is 45.1 Å². The van der Waals surface area contributed by atoms with E-state index in [-0.39, 0.29) is 12.1 Å². The minimum Gasteiger partial charge on any atom is -0.444 e. The highest BCUT2D eigenvalue weighted by atomic mass is 16.6. The van der Waals surface area contributed by atoms with E-state index in [1.54, 1.807) is 0 Å². The number of hydrogen-bond donors (Lipinski definition) is 0. The number of allylic oxidation sites excluding steroid dienone is 6. The van der Waals surface area contributed by atoms with Gasteiger partial charge in [0.2, 0.25) is 0 Å². The standard InChI is InChI=1S/C29H45N3O2.C2H6/c1-7-30-26-18-23(16-22-10-8-9-11-22)17-25(24-12-13-24)27(26)21(3)32-15-14-31(19-20(32)2)28(33)34-29(4,5)6;1-2/h17-18,20,22,24H,7-16,19H2,1-6H3;1-2H3/b27-21+,30-26?;/t20-;/m0./s1. The van der Waals surface area contributed by atoms with Gasteiger partial charge in [0.05, 0.1) is 5.71 Å². The van der Waals surface area contributed by atoms with Crippen molar-refractivity contribution in [1.82, 2.24) is 9.80 Å². The van der Waals surface area contributed by atoms with Crippen molar-refractivity contribution < 1.29 is 9.53 Å². The summed E-state index contributed by atoms with van der Waals surface area (Å²) in [6, 6.07) is 0.237. The summed E-state index contributed by atoms with van der Waals surface area (Å²) in [7, 11) is 0. The summed E-state index contributed by atoms with van der Waals surface area (Å²) in [5, 5.41) is 0. The fourth-order valence-electron chi connectivity index (χ4n) is 5.87. The van der Waals surface area contributed by atoms with Crippen molar-refractivity contribution >= 4 is 11.8 Å². The van der Waals surface area contributed by atoms with Gasteiger partial charge in [0.15, 0.2) is 0 Å². The van der Waals surface area contributed by atoms with Gasteiger partial charge in [-0.05, 0) is 89.9 Å². The van der Waals surface area contributed by atoms with E-state index in [2.05, 4.69) is 37.8 Å². The molecule has 3 aliphatic carbocycles. The van der Waals surface area contributed by atoms with Crippen LogP contribution in [0.25, 0.3) is 0 Å². The molecule has 0 aromatic rings. The maximum Gasteiger partial charge on any atom is 0.410 e. The summed E-state index contributed by atoms with van der Waals surface area (Å²) in [6.45, 7) is 19.4. The summed E-state index contributed by atoms with van der Waals surface area (Å²) in [5.74, 6) is 1.52. The average Bonchev–Trinajstić information content (AvgIpc) is 3.55. The smallest absolute Gasteiger partial charge is 0.410 e. The molecule has 5 nitrogen and oxygen atoms in total. The number of piperazine rings is 1. The van der Waals surface area contributed by atoms with Gasteiger partial charge in [-0.25, -0.2) is 4.79 Å². The number of ether oxygens (including phenoxy) is 1. The normalized spacial score (nSPS) is 25.8. The highest BCUT2D eigenvalue weighted by molar-refractivity contribution is 6.14. The zero-order valence-corrected chi connectivity index (χ0v) is 24.3. The summed E-state index contributed by atoms with van der Waals surface area (Å²) in [5.41, 5.74) is 6.39. The zero-order chi connectivity index (χ0) is 26.5. The number of aliphatic imine (C=N–C) groups is 1. The van der Waals surface area contributed by atoms with Crippen LogP contribution in [-0.4, -0.2) is 59.4 Å². The van der Waals surface area contributed by atoms with E-state index in [1.807, 2.05) is 39.5 Å². The molecule has 0 unspecified atom stereocenters. The Bertz CT molecular complexity index is 895. The van der Waals surface area contributed by atoms with Crippen molar-refractivity contribution in [3.05, 3.63) is 34.6 Å². The van der Waals surface area contributed by atoms with Gasteiger partial charge >= 0.3 is 6.09 Å². The molecule has 0 aromatic carbocycles. The molecule has 1 atom stereocenters. The Kier molecular flexibility index (Phi) is 9.88. The van der Waals surface area contributed by atoms with Crippen LogP contribution in [0.4, 0.5) is 4.79 Å². The summed E-state index contributed by atoms with van der Waals surface area (Å²) in [6.07, 6.45) is 14.0. The number of carbonyl (C=O) groups excluding carboxylic acids is 1. The van der Waals surface area contributed by atoms with Crippen LogP contribution in [0.3, 0.4) is 0 Å². The van der Waals surface area contributed by atoms with Crippen LogP contribution in [0.15, 0.2) is 39.6 Å². The minimum atomic E-state index is -0.463. The fraction of sp³-hybridized carbons (Fsp3) is 0.742. The number of hydrogen-bond acceptors (Lipinski definition) is 4. The number of rotatable bonds is 5. The lowest BCUT2D eigenvalue weighted by Crippen LogP contribution is -2.54. The molecular formula is C31H51N3O2. The van der Waals surface area contributed by atoms with Crippen LogP contribution in [-0.2, 0) is 4.74 Å². The highest BCUT2D eigenvalue weighted by Crippen LogP contribution is 2.45. The maximum atomic E-state index is 12.6. The number of amides is 1. The Morgan fingerprint density at radius 3 is 2.31 bits per heavy atom. The molecule has 0 spiro atoms. The van der Waals surface area contributed by atoms with E-state index in [0.29, 0.717) is 19.0 Å². The fourth-order valence-corrected chi connectivity index (χ4v) is 5.87. The van der Waals surface area contributed by atoms with E-state index < -0.39 is 5.60 Å². The molecule has 1 aliphatic heterocycles. The van der Waals surface area contributed by atoms with Crippen molar-refractivity contribution in [1.29, 1.82) is 0 Å². The zero-order valence-electron chi connectivity index (χ0n) is 24.3. The van der Waals surface area contributed by atoms with Crippen molar-refractivity contribution in [3.8, 4) is 0 Å². The van der Waals surface area contributed by atoms with Crippen molar-refractivity contribution in [2.75, 3.05) is 26.2 Å². The monoisotopic (exact) mass is 497 g/mol. The first-order valence-corrected chi connectivity index (χ1v) is 14.6. The molecule has 3 fully saturated rings. The van der Waals surface area contributed by atoms with Gasteiger partial charge in [0.25, 0.3) is 0 Å². The summed E-state index contributed by atoms with van der Waals surface area (Å²) >= 11 is 0. The Balaban J connectivity index is 0.00000176. The molecule has 36 heavy (non-hydrogen) atoms. The molecule has 0 N–H and O–H groups in total. The Morgan fingerprint density at radius 1 is 1.08 bits per heavy atom. The predicted octanol–water partition coefficient (Wildman–Crippen LogP) is 7.55. The van der Waals surface area contributed by atoms with Gasteiger partial charge in [0, 0.05) is 43.5 Å². The lowest BCUT2D eigenvalue weighted by molar-refractivity contribution is 0.0101. The quantitative estimate of drug-likeness (QED) is 0.394. The Labute approximate surface area is 220 Å². The first-order valence-electron chi connectivity index (χ1n) is 14.6. The van der Waals surface area contributed by atoms with Crippen LogP contribution >= 0.6 is 0 Å². The second kappa shape index (κ2) is 12.5. The molecule has 202 valence electrons. The van der Waals surface area contributed by atoms with E-state index >= 15 is 0 Å². The van der Waals surface area contributed by atoms with Gasteiger partial charge in [-0.15, -0.1) is 0 Å². The molecular weight excluding hydrogens is 446 g/mol. The molecule has 1 saturated heterocycles. The Hall–Kier alpha value is -2.04. The van der Waals surface area contributed by atoms with Gasteiger partial charge in [0.1, 0.15) is 5.60 Å². The largest absolute Gasteiger partial charge is 0.444 e. The lowest BCUT2D eigenvalue weighted by Gasteiger charge is -2.43. The minimum absolute atomic E-state index is 0.201. The van der Waals surface area contributed by atoms with E-state index in [9.17, 15) is 4.79 Å².